The highest BCUT2D eigenvalue weighted by Crippen LogP contribution is 2.03. The molecular weight excluding hydrogens is 176 g/mol. The molecule has 0 amide bonds. The van der Waals surface area contributed by atoms with Gasteiger partial charge in [0.05, 0.1) is 0 Å². The first-order valence-electron chi connectivity index (χ1n) is 5.83. The van der Waals surface area contributed by atoms with Crippen molar-refractivity contribution in [3.05, 3.63) is 0 Å². The number of hydroxylamine groups is 1. The summed E-state index contributed by atoms with van der Waals surface area (Å²) in [6.45, 7) is 9.80. The highest BCUT2D eigenvalue weighted by molar-refractivity contribution is 4.62. The molecule has 0 bridgehead atoms. The lowest BCUT2D eigenvalue weighted by atomic mass is 10.2. The highest BCUT2D eigenvalue weighted by atomic mass is 16.5. The smallest absolute Gasteiger partial charge is 0.0207 e. The summed E-state index contributed by atoms with van der Waals surface area (Å²) in [5.74, 6) is 0. The lowest BCUT2D eigenvalue weighted by Crippen LogP contribution is -2.33. The number of nitrogens with zero attached hydrogens (tertiary/aromatic N) is 1. The number of hydrogen-bond acceptors (Lipinski definition) is 3. The molecule has 0 heterocycles. The van der Waals surface area contributed by atoms with Crippen molar-refractivity contribution < 1.29 is 5.21 Å². The molecule has 3 nitrogen and oxygen atoms in total. The molecule has 0 aromatic heterocycles. The fourth-order valence-corrected chi connectivity index (χ4v) is 1.51. The Bertz CT molecular complexity index is 118. The number of hydrogen-bond donors (Lipinski definition) is 2. The summed E-state index contributed by atoms with van der Waals surface area (Å²) in [6.07, 6.45) is 4.76. The van der Waals surface area contributed by atoms with Crippen LogP contribution in [-0.4, -0.2) is 35.8 Å². The van der Waals surface area contributed by atoms with Gasteiger partial charge in [0.15, 0.2) is 0 Å². The molecule has 0 saturated heterocycles. The van der Waals surface area contributed by atoms with Crippen LogP contribution in [0.4, 0.5) is 0 Å². The van der Waals surface area contributed by atoms with Gasteiger partial charge in [-0.3, -0.25) is 0 Å². The normalized spacial score (nSPS) is 11.6. The molecule has 0 aromatic carbocycles. The first-order chi connectivity index (χ1) is 6.72. The summed E-state index contributed by atoms with van der Waals surface area (Å²) < 4.78 is 0. The third kappa shape index (κ3) is 7.30. The molecule has 0 saturated carbocycles. The van der Waals surface area contributed by atoms with Gasteiger partial charge in [-0.1, -0.05) is 13.3 Å². The van der Waals surface area contributed by atoms with Crippen LogP contribution in [0.25, 0.3) is 0 Å². The Labute approximate surface area is 88.4 Å². The van der Waals surface area contributed by atoms with Crippen LogP contribution < -0.4 is 5.48 Å². The standard InChI is InChI=1S/C11H26N2O/c1-4-5-9-13(11(2)3)10-7-6-8-12-14/h11-12,14H,4-10H2,1-3H3. The van der Waals surface area contributed by atoms with Gasteiger partial charge in [0, 0.05) is 12.6 Å². The maximum Gasteiger partial charge on any atom is 0.0207 e. The summed E-state index contributed by atoms with van der Waals surface area (Å²) >= 11 is 0. The first kappa shape index (κ1) is 13.9. The van der Waals surface area contributed by atoms with Crippen LogP contribution in [0.2, 0.25) is 0 Å². The molecular formula is C11H26N2O. The Morgan fingerprint density at radius 1 is 1.14 bits per heavy atom. The van der Waals surface area contributed by atoms with Gasteiger partial charge >= 0.3 is 0 Å². The van der Waals surface area contributed by atoms with E-state index in [1.165, 1.54) is 19.4 Å². The van der Waals surface area contributed by atoms with Crippen LogP contribution >= 0.6 is 0 Å². The van der Waals surface area contributed by atoms with Crippen molar-refractivity contribution in [3.63, 3.8) is 0 Å². The summed E-state index contributed by atoms with van der Waals surface area (Å²) in [4.78, 5) is 2.51. The zero-order chi connectivity index (χ0) is 10.8. The van der Waals surface area contributed by atoms with E-state index in [-0.39, 0.29) is 0 Å². The van der Waals surface area contributed by atoms with Gasteiger partial charge < -0.3 is 10.1 Å². The molecule has 0 aliphatic rings. The summed E-state index contributed by atoms with van der Waals surface area (Å²) in [5.41, 5.74) is 2.20. The molecule has 0 rings (SSSR count). The average molecular weight is 202 g/mol. The zero-order valence-corrected chi connectivity index (χ0v) is 9.92. The van der Waals surface area contributed by atoms with Gasteiger partial charge in [0.1, 0.15) is 0 Å². The van der Waals surface area contributed by atoms with Crippen molar-refractivity contribution in [1.29, 1.82) is 0 Å². The van der Waals surface area contributed by atoms with E-state index in [9.17, 15) is 0 Å². The minimum Gasteiger partial charge on any atom is -0.317 e. The molecule has 0 aliphatic heterocycles. The number of rotatable bonds is 9. The third-order valence-electron chi connectivity index (χ3n) is 2.51. The minimum atomic E-state index is 0.642. The Hall–Kier alpha value is -0.120. The maximum absolute atomic E-state index is 8.42. The Kier molecular flexibility index (Phi) is 9.35. The predicted molar refractivity (Wildman–Crippen MR) is 60.6 cm³/mol. The minimum absolute atomic E-state index is 0.642. The summed E-state index contributed by atoms with van der Waals surface area (Å²) in [6, 6.07) is 0.642. The molecule has 0 atom stereocenters. The lowest BCUT2D eigenvalue weighted by molar-refractivity contribution is 0.159. The van der Waals surface area contributed by atoms with Crippen LogP contribution in [0, 0.1) is 0 Å². The van der Waals surface area contributed by atoms with Crippen LogP contribution in [-0.2, 0) is 0 Å². The van der Waals surface area contributed by atoms with Gasteiger partial charge in [0.25, 0.3) is 0 Å². The molecule has 0 fully saturated rings. The second-order valence-electron chi connectivity index (χ2n) is 4.10. The van der Waals surface area contributed by atoms with Gasteiger partial charge in [-0.2, -0.15) is 0 Å². The quantitative estimate of drug-likeness (QED) is 0.445. The van der Waals surface area contributed by atoms with Crippen molar-refractivity contribution in [2.45, 2.75) is 52.5 Å². The van der Waals surface area contributed by atoms with Gasteiger partial charge in [-0.15, -0.1) is 0 Å². The fourth-order valence-electron chi connectivity index (χ4n) is 1.51. The molecule has 0 radical (unpaired) electrons. The zero-order valence-electron chi connectivity index (χ0n) is 9.92. The molecule has 0 aliphatic carbocycles. The van der Waals surface area contributed by atoms with E-state index in [0.717, 1.165) is 19.4 Å². The monoisotopic (exact) mass is 202 g/mol. The van der Waals surface area contributed by atoms with Gasteiger partial charge in [0.2, 0.25) is 0 Å². The van der Waals surface area contributed by atoms with Gasteiger partial charge in [-0.25, -0.2) is 5.48 Å². The van der Waals surface area contributed by atoms with E-state index in [0.29, 0.717) is 12.6 Å². The van der Waals surface area contributed by atoms with Crippen LogP contribution in [0.15, 0.2) is 0 Å². The largest absolute Gasteiger partial charge is 0.317 e. The van der Waals surface area contributed by atoms with Crippen molar-refractivity contribution in [2.24, 2.45) is 0 Å². The second kappa shape index (κ2) is 9.44. The molecule has 3 heteroatoms. The molecule has 86 valence electrons. The van der Waals surface area contributed by atoms with E-state index in [1.807, 2.05) is 0 Å². The van der Waals surface area contributed by atoms with E-state index in [1.54, 1.807) is 0 Å². The summed E-state index contributed by atoms with van der Waals surface area (Å²) in [5, 5.41) is 8.42. The fraction of sp³-hybridized carbons (Fsp3) is 1.00. The first-order valence-corrected chi connectivity index (χ1v) is 5.83. The van der Waals surface area contributed by atoms with Crippen LogP contribution in [0.3, 0.4) is 0 Å². The van der Waals surface area contributed by atoms with Crippen molar-refractivity contribution in [2.75, 3.05) is 19.6 Å². The van der Waals surface area contributed by atoms with Crippen LogP contribution in [0.1, 0.15) is 46.5 Å². The van der Waals surface area contributed by atoms with Crippen LogP contribution in [0.5, 0.6) is 0 Å². The number of nitrogens with one attached hydrogen (secondary N) is 1. The third-order valence-corrected chi connectivity index (χ3v) is 2.51. The Balaban J connectivity index is 3.52. The van der Waals surface area contributed by atoms with Crippen molar-refractivity contribution >= 4 is 0 Å². The molecule has 0 unspecified atom stereocenters. The van der Waals surface area contributed by atoms with E-state index < -0.39 is 0 Å². The Morgan fingerprint density at radius 2 is 1.79 bits per heavy atom. The molecule has 0 spiro atoms. The maximum atomic E-state index is 8.42. The van der Waals surface area contributed by atoms with E-state index in [2.05, 4.69) is 31.2 Å². The van der Waals surface area contributed by atoms with E-state index >= 15 is 0 Å². The Morgan fingerprint density at radius 3 is 2.29 bits per heavy atom. The highest BCUT2D eigenvalue weighted by Gasteiger charge is 2.07. The van der Waals surface area contributed by atoms with Crippen molar-refractivity contribution in [3.8, 4) is 0 Å². The number of unbranched alkanes of at least 4 members (excludes halogenated alkanes) is 2. The molecule has 0 aromatic rings. The predicted octanol–water partition coefficient (Wildman–Crippen LogP) is 2.26. The topological polar surface area (TPSA) is 35.5 Å². The molecule has 2 N–H and O–H groups in total. The van der Waals surface area contributed by atoms with Crippen molar-refractivity contribution in [1.82, 2.24) is 10.4 Å². The second-order valence-corrected chi connectivity index (χ2v) is 4.10. The average Bonchev–Trinajstić information content (AvgIpc) is 2.16. The molecule has 14 heavy (non-hydrogen) atoms. The SMILES string of the molecule is CCCCN(CCCCNO)C(C)C. The lowest BCUT2D eigenvalue weighted by Gasteiger charge is -2.26. The van der Waals surface area contributed by atoms with Gasteiger partial charge in [-0.05, 0) is 46.2 Å². The van der Waals surface area contributed by atoms with E-state index in [4.69, 9.17) is 5.21 Å². The summed E-state index contributed by atoms with van der Waals surface area (Å²) in [7, 11) is 0.